The first-order chi connectivity index (χ1) is 12.9. The molecule has 2 aromatic rings. The van der Waals surface area contributed by atoms with Crippen molar-refractivity contribution < 1.29 is 19.0 Å². The number of benzene rings is 2. The number of hydrogen-bond donors (Lipinski definition) is 1. The van der Waals surface area contributed by atoms with Gasteiger partial charge in [-0.15, -0.1) is 0 Å². The standard InChI is InChI=1S/C20H25ClN2O4/c1-13(20(24)22-17-10-15(21)7-9-18(17)26-4)23(2)12-14-6-8-16(25-3)11-19(14)27-5/h6-11,13H,12H2,1-5H3,(H,22,24)/t13-/m0/s1. The highest BCUT2D eigenvalue weighted by molar-refractivity contribution is 6.31. The normalized spacial score (nSPS) is 11.8. The van der Waals surface area contributed by atoms with Gasteiger partial charge in [-0.2, -0.15) is 0 Å². The Hall–Kier alpha value is -2.44. The van der Waals surface area contributed by atoms with Gasteiger partial charge >= 0.3 is 0 Å². The number of rotatable bonds is 8. The van der Waals surface area contributed by atoms with Crippen LogP contribution in [0.2, 0.25) is 5.02 Å². The predicted molar refractivity (Wildman–Crippen MR) is 107 cm³/mol. The van der Waals surface area contributed by atoms with E-state index in [1.54, 1.807) is 39.5 Å². The minimum Gasteiger partial charge on any atom is -0.497 e. The Bertz CT molecular complexity index is 798. The first kappa shape index (κ1) is 20.9. The molecule has 0 saturated carbocycles. The van der Waals surface area contributed by atoms with Gasteiger partial charge in [0.2, 0.25) is 5.91 Å². The Morgan fingerprint density at radius 3 is 2.41 bits per heavy atom. The van der Waals surface area contributed by atoms with Gasteiger partial charge in [0.15, 0.2) is 0 Å². The van der Waals surface area contributed by atoms with Crippen LogP contribution in [0.5, 0.6) is 17.2 Å². The monoisotopic (exact) mass is 392 g/mol. The zero-order chi connectivity index (χ0) is 20.0. The van der Waals surface area contributed by atoms with Gasteiger partial charge in [0.1, 0.15) is 17.2 Å². The second-order valence-electron chi connectivity index (χ2n) is 6.10. The molecule has 0 heterocycles. The number of hydrogen-bond acceptors (Lipinski definition) is 5. The van der Waals surface area contributed by atoms with Crippen LogP contribution in [-0.2, 0) is 11.3 Å². The smallest absolute Gasteiger partial charge is 0.241 e. The van der Waals surface area contributed by atoms with Crippen molar-refractivity contribution in [2.75, 3.05) is 33.7 Å². The van der Waals surface area contributed by atoms with Gasteiger partial charge in [0.05, 0.1) is 33.1 Å². The average Bonchev–Trinajstić information content (AvgIpc) is 2.67. The second-order valence-corrected chi connectivity index (χ2v) is 6.54. The van der Waals surface area contributed by atoms with E-state index in [4.69, 9.17) is 25.8 Å². The molecule has 0 aliphatic heterocycles. The molecule has 146 valence electrons. The number of methoxy groups -OCH3 is 3. The number of halogens is 1. The largest absolute Gasteiger partial charge is 0.497 e. The van der Waals surface area contributed by atoms with E-state index in [1.807, 2.05) is 37.1 Å². The third-order valence-corrected chi connectivity index (χ3v) is 4.61. The van der Waals surface area contributed by atoms with Crippen LogP contribution in [0.25, 0.3) is 0 Å². The molecule has 2 aromatic carbocycles. The van der Waals surface area contributed by atoms with Crippen LogP contribution in [0.3, 0.4) is 0 Å². The number of nitrogens with one attached hydrogen (secondary N) is 1. The van der Waals surface area contributed by atoms with Gasteiger partial charge < -0.3 is 19.5 Å². The molecule has 0 bridgehead atoms. The van der Waals surface area contributed by atoms with Gasteiger partial charge in [0.25, 0.3) is 0 Å². The van der Waals surface area contributed by atoms with Gasteiger partial charge in [-0.25, -0.2) is 0 Å². The van der Waals surface area contributed by atoms with Crippen molar-refractivity contribution in [3.05, 3.63) is 47.0 Å². The fourth-order valence-corrected chi connectivity index (χ4v) is 2.78. The van der Waals surface area contributed by atoms with Crippen molar-refractivity contribution >= 4 is 23.2 Å². The highest BCUT2D eigenvalue weighted by atomic mass is 35.5. The van der Waals surface area contributed by atoms with Crippen LogP contribution < -0.4 is 19.5 Å². The summed E-state index contributed by atoms with van der Waals surface area (Å²) < 4.78 is 15.9. The third kappa shape index (κ3) is 5.28. The van der Waals surface area contributed by atoms with Crippen LogP contribution in [0.1, 0.15) is 12.5 Å². The van der Waals surface area contributed by atoms with Crippen LogP contribution in [0, 0.1) is 0 Å². The summed E-state index contributed by atoms with van der Waals surface area (Å²) in [4.78, 5) is 14.6. The van der Waals surface area contributed by atoms with Gasteiger partial charge in [0, 0.05) is 23.2 Å². The molecule has 0 saturated heterocycles. The Kier molecular flexibility index (Phi) is 7.33. The summed E-state index contributed by atoms with van der Waals surface area (Å²) in [5.74, 6) is 1.83. The van der Waals surface area contributed by atoms with Crippen LogP contribution in [0.15, 0.2) is 36.4 Å². The maximum atomic E-state index is 12.7. The first-order valence-electron chi connectivity index (χ1n) is 8.45. The second kappa shape index (κ2) is 9.48. The molecule has 6 nitrogen and oxygen atoms in total. The number of ether oxygens (including phenoxy) is 3. The number of amides is 1. The maximum Gasteiger partial charge on any atom is 0.241 e. The Morgan fingerprint density at radius 2 is 1.78 bits per heavy atom. The molecule has 1 amide bonds. The van der Waals surface area contributed by atoms with Crippen LogP contribution >= 0.6 is 11.6 Å². The molecule has 0 unspecified atom stereocenters. The maximum absolute atomic E-state index is 12.7. The third-order valence-electron chi connectivity index (χ3n) is 4.37. The van der Waals surface area contributed by atoms with Crippen LogP contribution in [-0.4, -0.2) is 45.2 Å². The zero-order valence-electron chi connectivity index (χ0n) is 16.2. The van der Waals surface area contributed by atoms with Crippen molar-refractivity contribution in [1.82, 2.24) is 4.90 Å². The number of carbonyl (C=O) groups excluding carboxylic acids is 1. The van der Waals surface area contributed by atoms with E-state index in [9.17, 15) is 4.79 Å². The zero-order valence-corrected chi connectivity index (χ0v) is 17.0. The van der Waals surface area contributed by atoms with Gasteiger partial charge in [-0.1, -0.05) is 17.7 Å². The minimum absolute atomic E-state index is 0.162. The molecular formula is C20H25ClN2O4. The lowest BCUT2D eigenvalue weighted by atomic mass is 10.1. The van der Waals surface area contributed by atoms with E-state index in [2.05, 4.69) is 5.32 Å². The lowest BCUT2D eigenvalue weighted by molar-refractivity contribution is -0.120. The van der Waals surface area contributed by atoms with Gasteiger partial charge in [-0.05, 0) is 38.2 Å². The topological polar surface area (TPSA) is 60.0 Å². The highest BCUT2D eigenvalue weighted by Crippen LogP contribution is 2.29. The summed E-state index contributed by atoms with van der Waals surface area (Å²) >= 11 is 6.02. The molecule has 1 N–H and O–H groups in total. The Labute approximate surface area is 165 Å². The molecule has 0 radical (unpaired) electrons. The van der Waals surface area contributed by atoms with E-state index in [1.165, 1.54) is 0 Å². The summed E-state index contributed by atoms with van der Waals surface area (Å²) in [5.41, 5.74) is 1.50. The molecular weight excluding hydrogens is 368 g/mol. The molecule has 27 heavy (non-hydrogen) atoms. The summed E-state index contributed by atoms with van der Waals surface area (Å²) in [6, 6.07) is 10.3. The molecule has 0 aliphatic rings. The van der Waals surface area contributed by atoms with E-state index in [-0.39, 0.29) is 11.9 Å². The minimum atomic E-state index is -0.388. The number of likely N-dealkylation sites (N-methyl/N-ethyl adjacent to an activating group) is 1. The van der Waals surface area contributed by atoms with E-state index >= 15 is 0 Å². The molecule has 1 atom stereocenters. The fourth-order valence-electron chi connectivity index (χ4n) is 2.60. The summed E-state index contributed by atoms with van der Waals surface area (Å²) in [6.07, 6.45) is 0. The lowest BCUT2D eigenvalue weighted by Crippen LogP contribution is -2.39. The number of anilines is 1. The van der Waals surface area contributed by atoms with Crippen molar-refractivity contribution in [1.29, 1.82) is 0 Å². The van der Waals surface area contributed by atoms with Crippen molar-refractivity contribution in [3.63, 3.8) is 0 Å². The molecule has 7 heteroatoms. The molecule has 0 aliphatic carbocycles. The molecule has 0 aromatic heterocycles. The van der Waals surface area contributed by atoms with E-state index in [0.29, 0.717) is 28.8 Å². The lowest BCUT2D eigenvalue weighted by Gasteiger charge is -2.25. The molecule has 2 rings (SSSR count). The van der Waals surface area contributed by atoms with Gasteiger partial charge in [-0.3, -0.25) is 9.69 Å². The van der Waals surface area contributed by atoms with E-state index < -0.39 is 0 Å². The number of nitrogens with zero attached hydrogens (tertiary/aromatic N) is 1. The summed E-state index contributed by atoms with van der Waals surface area (Å²) in [7, 11) is 6.64. The molecule has 0 fully saturated rings. The summed E-state index contributed by atoms with van der Waals surface area (Å²) in [5, 5.41) is 3.40. The molecule has 0 spiro atoms. The first-order valence-corrected chi connectivity index (χ1v) is 8.83. The number of carbonyl (C=O) groups is 1. The average molecular weight is 393 g/mol. The SMILES string of the molecule is COc1ccc(CN(C)[C@@H](C)C(=O)Nc2cc(Cl)ccc2OC)c(OC)c1. The Morgan fingerprint density at radius 1 is 1.07 bits per heavy atom. The Balaban J connectivity index is 2.10. The van der Waals surface area contributed by atoms with Crippen molar-refractivity contribution in [2.45, 2.75) is 19.5 Å². The van der Waals surface area contributed by atoms with Crippen molar-refractivity contribution in [3.8, 4) is 17.2 Å². The fraction of sp³-hybridized carbons (Fsp3) is 0.350. The predicted octanol–water partition coefficient (Wildman–Crippen LogP) is 3.82. The summed E-state index contributed by atoms with van der Waals surface area (Å²) in [6.45, 7) is 2.37. The quantitative estimate of drug-likeness (QED) is 0.739. The highest BCUT2D eigenvalue weighted by Gasteiger charge is 2.21. The van der Waals surface area contributed by atoms with Crippen LogP contribution in [0.4, 0.5) is 5.69 Å². The van der Waals surface area contributed by atoms with E-state index in [0.717, 1.165) is 11.3 Å². The van der Waals surface area contributed by atoms with Crippen molar-refractivity contribution in [2.24, 2.45) is 0 Å².